The normalized spacial score (nSPS) is 32.5. The van der Waals surface area contributed by atoms with Crippen LogP contribution < -0.4 is 0 Å². The van der Waals surface area contributed by atoms with Gasteiger partial charge in [-0.05, 0) is 31.2 Å². The van der Waals surface area contributed by atoms with Crippen molar-refractivity contribution in [2.24, 2.45) is 0 Å². The van der Waals surface area contributed by atoms with Crippen molar-refractivity contribution in [2.45, 2.75) is 43.7 Å². The number of aliphatic hydroxyl groups is 4. The Morgan fingerprint density at radius 2 is 1.78 bits per heavy atom. The summed E-state index contributed by atoms with van der Waals surface area (Å²) in [5.74, 6) is -0.798. The second-order valence-electron chi connectivity index (χ2n) is 5.25. The summed E-state index contributed by atoms with van der Waals surface area (Å²) in [6.45, 7) is 1.81. The fraction of sp³-hybridized carbons (Fsp3) is 0.533. The number of hydrogen-bond donors (Lipinski definition) is 5. The molecule has 1 aliphatic rings. The number of ether oxygens (including phenoxy) is 2. The van der Waals surface area contributed by atoms with Crippen LogP contribution in [0.3, 0.4) is 0 Å². The van der Waals surface area contributed by atoms with Gasteiger partial charge in [-0.2, -0.15) is 0 Å². The highest BCUT2D eigenvalue weighted by molar-refractivity contribution is 5.99. The number of Topliss-reactive ketones (excluding diaryl/α,β-unsaturated/α-hetero) is 1. The minimum atomic E-state index is -1.78. The highest BCUT2D eigenvalue weighted by Gasteiger charge is 2.48. The molecule has 8 heteroatoms. The van der Waals surface area contributed by atoms with E-state index in [1.165, 1.54) is 24.3 Å². The lowest BCUT2D eigenvalue weighted by atomic mass is 9.91. The van der Waals surface area contributed by atoms with Crippen molar-refractivity contribution < 1.29 is 39.8 Å². The first-order chi connectivity index (χ1) is 10.9. The van der Waals surface area contributed by atoms with Crippen molar-refractivity contribution >= 4 is 5.78 Å². The number of aromatic hydroxyl groups is 1. The van der Waals surface area contributed by atoms with Gasteiger partial charge < -0.3 is 35.0 Å². The minimum absolute atomic E-state index is 0.0417. The molecule has 0 bridgehead atoms. The molecule has 0 spiro atoms. The van der Waals surface area contributed by atoms with Crippen LogP contribution in [0.5, 0.6) is 5.75 Å². The topological polar surface area (TPSA) is 137 Å². The van der Waals surface area contributed by atoms with Crippen LogP contribution in [-0.4, -0.2) is 74.7 Å². The summed E-state index contributed by atoms with van der Waals surface area (Å²) in [5.41, 5.74) is 0.0969. The molecule has 5 N–H and O–H groups in total. The van der Waals surface area contributed by atoms with E-state index in [1.54, 1.807) is 6.92 Å². The first-order valence-electron chi connectivity index (χ1n) is 7.19. The Morgan fingerprint density at radius 3 is 2.35 bits per heavy atom. The van der Waals surface area contributed by atoms with Crippen LogP contribution in [0.15, 0.2) is 24.3 Å². The molecule has 1 heterocycles. The standard InChI is InChI=1S/C15H20O8/c1-2-22-15-13(21)10(18)12(20)14(23-15)11(19)9(17)7-3-5-8(16)6-4-7/h3-6,10-16,18-21H,2H2,1H3/t10-,11?,12-,13+,14+,15+/m0/s1. The second-order valence-corrected chi connectivity index (χ2v) is 5.25. The summed E-state index contributed by atoms with van der Waals surface area (Å²) in [5, 5.41) is 49.0. The molecule has 128 valence electrons. The predicted octanol–water partition coefficient (Wildman–Crippen LogP) is -1.22. The second kappa shape index (κ2) is 7.35. The van der Waals surface area contributed by atoms with Crippen LogP contribution in [0.2, 0.25) is 0 Å². The van der Waals surface area contributed by atoms with Crippen molar-refractivity contribution in [3.8, 4) is 5.75 Å². The lowest BCUT2D eigenvalue weighted by Gasteiger charge is -2.41. The Hall–Kier alpha value is -1.55. The molecular formula is C15H20O8. The van der Waals surface area contributed by atoms with Gasteiger partial charge in [0.15, 0.2) is 12.1 Å². The fourth-order valence-corrected chi connectivity index (χ4v) is 2.38. The molecule has 1 aromatic rings. The van der Waals surface area contributed by atoms with E-state index in [4.69, 9.17) is 9.47 Å². The SMILES string of the molecule is CCO[C@@H]1O[C@H](C(O)C(=O)c2ccc(O)cc2)[C@@H](O)[C@H](O)[C@H]1O. The molecule has 0 saturated carbocycles. The molecule has 1 unspecified atom stereocenters. The summed E-state index contributed by atoms with van der Waals surface area (Å²) in [6, 6.07) is 5.17. The molecular weight excluding hydrogens is 308 g/mol. The van der Waals surface area contributed by atoms with Crippen LogP contribution in [0.4, 0.5) is 0 Å². The highest BCUT2D eigenvalue weighted by Crippen LogP contribution is 2.25. The molecule has 6 atom stereocenters. The Bertz CT molecular complexity index is 531. The number of carbonyl (C=O) groups is 1. The van der Waals surface area contributed by atoms with Crippen molar-refractivity contribution in [3.05, 3.63) is 29.8 Å². The number of ketones is 1. The number of benzene rings is 1. The Balaban J connectivity index is 2.17. The van der Waals surface area contributed by atoms with Gasteiger partial charge in [0.2, 0.25) is 0 Å². The lowest BCUT2D eigenvalue weighted by molar-refractivity contribution is -0.305. The van der Waals surface area contributed by atoms with Crippen molar-refractivity contribution in [1.29, 1.82) is 0 Å². The average molecular weight is 328 g/mol. The summed E-state index contributed by atoms with van der Waals surface area (Å²) in [4.78, 5) is 12.2. The zero-order valence-electron chi connectivity index (χ0n) is 12.4. The molecule has 8 nitrogen and oxygen atoms in total. The Labute approximate surface area is 132 Å². The molecule has 0 radical (unpaired) electrons. The smallest absolute Gasteiger partial charge is 0.194 e. The summed E-state index contributed by atoms with van der Waals surface area (Å²) in [6.07, 6.45) is -9.32. The third-order valence-corrected chi connectivity index (χ3v) is 3.67. The van der Waals surface area contributed by atoms with E-state index in [9.17, 15) is 30.3 Å². The van der Waals surface area contributed by atoms with Gasteiger partial charge in [-0.3, -0.25) is 4.79 Å². The van der Waals surface area contributed by atoms with Gasteiger partial charge in [0, 0.05) is 12.2 Å². The van der Waals surface area contributed by atoms with Gasteiger partial charge in [0.1, 0.15) is 36.3 Å². The zero-order chi connectivity index (χ0) is 17.1. The largest absolute Gasteiger partial charge is 0.508 e. The van der Waals surface area contributed by atoms with Crippen molar-refractivity contribution in [2.75, 3.05) is 6.61 Å². The first-order valence-corrected chi connectivity index (χ1v) is 7.19. The number of rotatable bonds is 5. The summed E-state index contributed by atoms with van der Waals surface area (Å²) in [7, 11) is 0. The predicted molar refractivity (Wildman–Crippen MR) is 76.8 cm³/mol. The van der Waals surface area contributed by atoms with Crippen LogP contribution in [-0.2, 0) is 9.47 Å². The summed E-state index contributed by atoms with van der Waals surface area (Å²) >= 11 is 0. The number of phenolic OH excluding ortho intramolecular Hbond substituents is 1. The van der Waals surface area contributed by atoms with E-state index in [-0.39, 0.29) is 17.9 Å². The van der Waals surface area contributed by atoms with Gasteiger partial charge >= 0.3 is 0 Å². The molecule has 0 amide bonds. The number of hydrogen-bond acceptors (Lipinski definition) is 8. The first kappa shape index (κ1) is 17.8. The van der Waals surface area contributed by atoms with E-state index in [2.05, 4.69) is 0 Å². The van der Waals surface area contributed by atoms with E-state index >= 15 is 0 Å². The number of aliphatic hydroxyl groups excluding tert-OH is 4. The van der Waals surface area contributed by atoms with Crippen LogP contribution in [0, 0.1) is 0 Å². The highest BCUT2D eigenvalue weighted by atomic mass is 16.7. The van der Waals surface area contributed by atoms with Crippen LogP contribution in [0.1, 0.15) is 17.3 Å². The number of carbonyl (C=O) groups excluding carboxylic acids is 1. The van der Waals surface area contributed by atoms with Gasteiger partial charge in [0.05, 0.1) is 0 Å². The van der Waals surface area contributed by atoms with Crippen LogP contribution >= 0.6 is 0 Å². The van der Waals surface area contributed by atoms with Gasteiger partial charge in [-0.15, -0.1) is 0 Å². The molecule has 23 heavy (non-hydrogen) atoms. The molecule has 0 aromatic heterocycles. The quantitative estimate of drug-likeness (QED) is 0.424. The van der Waals surface area contributed by atoms with Gasteiger partial charge in [-0.25, -0.2) is 0 Å². The molecule has 1 fully saturated rings. The fourth-order valence-electron chi connectivity index (χ4n) is 2.38. The maximum atomic E-state index is 12.2. The zero-order valence-corrected chi connectivity index (χ0v) is 12.4. The maximum Gasteiger partial charge on any atom is 0.194 e. The third-order valence-electron chi connectivity index (χ3n) is 3.67. The lowest BCUT2D eigenvalue weighted by Crippen LogP contribution is -2.62. The van der Waals surface area contributed by atoms with Crippen molar-refractivity contribution in [1.82, 2.24) is 0 Å². The Kier molecular flexibility index (Phi) is 5.69. The van der Waals surface area contributed by atoms with Gasteiger partial charge in [-0.1, -0.05) is 0 Å². The average Bonchev–Trinajstić information content (AvgIpc) is 2.55. The monoisotopic (exact) mass is 328 g/mol. The molecule has 2 rings (SSSR count). The summed E-state index contributed by atoms with van der Waals surface area (Å²) < 4.78 is 10.3. The minimum Gasteiger partial charge on any atom is -0.508 e. The third kappa shape index (κ3) is 3.69. The number of phenols is 1. The van der Waals surface area contributed by atoms with Gasteiger partial charge in [0.25, 0.3) is 0 Å². The Morgan fingerprint density at radius 1 is 1.17 bits per heavy atom. The van der Waals surface area contributed by atoms with E-state index < -0.39 is 42.6 Å². The molecule has 0 aliphatic carbocycles. The van der Waals surface area contributed by atoms with E-state index in [0.717, 1.165) is 0 Å². The molecule has 1 aliphatic heterocycles. The molecule has 1 saturated heterocycles. The van der Waals surface area contributed by atoms with Crippen molar-refractivity contribution in [3.63, 3.8) is 0 Å². The molecule has 1 aromatic carbocycles. The van der Waals surface area contributed by atoms with Crippen LogP contribution in [0.25, 0.3) is 0 Å². The van der Waals surface area contributed by atoms with E-state index in [1.807, 2.05) is 0 Å². The maximum absolute atomic E-state index is 12.2. The van der Waals surface area contributed by atoms with E-state index in [0.29, 0.717) is 0 Å².